The van der Waals surface area contributed by atoms with Crippen molar-refractivity contribution in [1.29, 1.82) is 0 Å². The van der Waals surface area contributed by atoms with Gasteiger partial charge in [-0.1, -0.05) is 25.0 Å². The lowest BCUT2D eigenvalue weighted by Crippen LogP contribution is -2.45. The molecule has 2 bridgehead atoms. The van der Waals surface area contributed by atoms with Gasteiger partial charge in [0.15, 0.2) is 0 Å². The molecule has 0 nitrogen and oxygen atoms in total. The third-order valence-corrected chi connectivity index (χ3v) is 4.11. The van der Waals surface area contributed by atoms with E-state index in [0.717, 1.165) is 17.3 Å². The number of hydrogen-bond acceptors (Lipinski definition) is 0. The summed E-state index contributed by atoms with van der Waals surface area (Å²) in [6, 6.07) is 0. The highest BCUT2D eigenvalue weighted by Crippen LogP contribution is 2.65. The second-order valence-electron chi connectivity index (χ2n) is 5.00. The topological polar surface area (TPSA) is 0 Å². The quantitative estimate of drug-likeness (QED) is 0.501. The molecule has 2 saturated carbocycles. The van der Waals surface area contributed by atoms with Gasteiger partial charge in [-0.05, 0) is 42.9 Å². The minimum atomic E-state index is 0.764. The van der Waals surface area contributed by atoms with E-state index < -0.39 is 0 Å². The van der Waals surface area contributed by atoms with E-state index in [1.807, 2.05) is 0 Å². The predicted molar refractivity (Wildman–Crippen MR) is 46.3 cm³/mol. The molecule has 4 aliphatic rings. The van der Waals surface area contributed by atoms with Crippen LogP contribution in [0.3, 0.4) is 0 Å². The summed E-state index contributed by atoms with van der Waals surface area (Å²) in [6.07, 6.45) is 10.1. The van der Waals surface area contributed by atoms with Gasteiger partial charge in [-0.2, -0.15) is 0 Å². The highest BCUT2D eigenvalue weighted by molar-refractivity contribution is 5.39. The average molecular weight is 148 g/mol. The summed E-state index contributed by atoms with van der Waals surface area (Å²) < 4.78 is 0. The van der Waals surface area contributed by atoms with E-state index in [4.69, 9.17) is 0 Å². The molecule has 0 saturated heterocycles. The Morgan fingerprint density at radius 2 is 2.09 bits per heavy atom. The Labute approximate surface area is 68.7 Å². The van der Waals surface area contributed by atoms with Crippen molar-refractivity contribution in [2.24, 2.45) is 17.3 Å². The highest BCUT2D eigenvalue weighted by atomic mass is 14.6. The Hall–Kier alpha value is -0.260. The van der Waals surface area contributed by atoms with Crippen LogP contribution in [-0.2, 0) is 0 Å². The van der Waals surface area contributed by atoms with Crippen molar-refractivity contribution in [2.75, 3.05) is 0 Å². The lowest BCUT2D eigenvalue weighted by Gasteiger charge is -2.56. The molecule has 0 aromatic carbocycles. The third-order valence-electron chi connectivity index (χ3n) is 4.11. The average Bonchev–Trinajstić information content (AvgIpc) is 2.06. The van der Waals surface area contributed by atoms with Crippen LogP contribution in [0.4, 0.5) is 0 Å². The van der Waals surface area contributed by atoms with Crippen molar-refractivity contribution in [2.45, 2.75) is 39.0 Å². The molecule has 0 radical (unpaired) electrons. The minimum absolute atomic E-state index is 0.764. The SMILES string of the molecule is CC1CCC(C23C=C(C2)C3)C1. The molecule has 0 aliphatic heterocycles. The van der Waals surface area contributed by atoms with Gasteiger partial charge in [0.2, 0.25) is 0 Å². The monoisotopic (exact) mass is 148 g/mol. The zero-order chi connectivity index (χ0) is 7.47. The van der Waals surface area contributed by atoms with E-state index >= 15 is 0 Å². The van der Waals surface area contributed by atoms with E-state index in [1.54, 1.807) is 5.57 Å². The summed E-state index contributed by atoms with van der Waals surface area (Å²) in [6.45, 7) is 2.42. The molecular weight excluding hydrogens is 132 g/mol. The van der Waals surface area contributed by atoms with Crippen LogP contribution in [0.1, 0.15) is 39.0 Å². The van der Waals surface area contributed by atoms with E-state index in [0.29, 0.717) is 0 Å². The second-order valence-corrected chi connectivity index (χ2v) is 5.00. The summed E-state index contributed by atoms with van der Waals surface area (Å²) in [4.78, 5) is 0. The van der Waals surface area contributed by atoms with Crippen molar-refractivity contribution in [3.8, 4) is 0 Å². The second kappa shape index (κ2) is 1.73. The first-order valence-corrected chi connectivity index (χ1v) is 4.99. The first kappa shape index (κ1) is 6.28. The first-order valence-electron chi connectivity index (χ1n) is 4.99. The molecule has 2 fully saturated rings. The predicted octanol–water partition coefficient (Wildman–Crippen LogP) is 3.14. The van der Waals surface area contributed by atoms with Gasteiger partial charge in [0.25, 0.3) is 0 Å². The Bertz CT molecular complexity index is 216. The molecule has 0 aromatic heterocycles. The minimum Gasteiger partial charge on any atom is -0.0781 e. The van der Waals surface area contributed by atoms with Crippen LogP contribution in [0.2, 0.25) is 0 Å². The third kappa shape index (κ3) is 0.660. The molecule has 11 heavy (non-hydrogen) atoms. The van der Waals surface area contributed by atoms with Crippen molar-refractivity contribution in [3.05, 3.63) is 11.6 Å². The Kier molecular flexibility index (Phi) is 0.987. The fourth-order valence-electron chi connectivity index (χ4n) is 3.28. The molecule has 60 valence electrons. The highest BCUT2D eigenvalue weighted by Gasteiger charge is 2.53. The molecule has 0 amide bonds. The fraction of sp³-hybridized carbons (Fsp3) is 0.818. The van der Waals surface area contributed by atoms with Gasteiger partial charge in [0, 0.05) is 0 Å². The van der Waals surface area contributed by atoms with Crippen molar-refractivity contribution >= 4 is 0 Å². The Morgan fingerprint density at radius 3 is 2.45 bits per heavy atom. The number of rotatable bonds is 1. The van der Waals surface area contributed by atoms with Gasteiger partial charge >= 0.3 is 0 Å². The van der Waals surface area contributed by atoms with Crippen LogP contribution < -0.4 is 0 Å². The van der Waals surface area contributed by atoms with Crippen LogP contribution in [0, 0.1) is 17.3 Å². The molecule has 0 spiro atoms. The normalized spacial score (nSPS) is 44.3. The zero-order valence-corrected chi connectivity index (χ0v) is 7.27. The van der Waals surface area contributed by atoms with Gasteiger partial charge in [0.1, 0.15) is 0 Å². The summed E-state index contributed by atoms with van der Waals surface area (Å²) in [5, 5.41) is 0. The summed E-state index contributed by atoms with van der Waals surface area (Å²) in [5.74, 6) is 2.10. The molecular formula is C11H16. The van der Waals surface area contributed by atoms with Gasteiger partial charge in [-0.25, -0.2) is 0 Å². The summed E-state index contributed by atoms with van der Waals surface area (Å²) in [5.41, 5.74) is 2.52. The summed E-state index contributed by atoms with van der Waals surface area (Å²) in [7, 11) is 0. The van der Waals surface area contributed by atoms with Crippen LogP contribution in [0.15, 0.2) is 11.6 Å². The Morgan fingerprint density at radius 1 is 1.36 bits per heavy atom. The van der Waals surface area contributed by atoms with Crippen LogP contribution in [0.5, 0.6) is 0 Å². The maximum absolute atomic E-state index is 2.57. The van der Waals surface area contributed by atoms with Gasteiger partial charge in [-0.15, -0.1) is 0 Å². The Balaban J connectivity index is 1.77. The molecule has 0 heteroatoms. The molecule has 4 aliphatic carbocycles. The van der Waals surface area contributed by atoms with E-state index in [9.17, 15) is 0 Å². The maximum atomic E-state index is 2.57. The summed E-state index contributed by atoms with van der Waals surface area (Å²) >= 11 is 0. The first-order chi connectivity index (χ1) is 5.28. The van der Waals surface area contributed by atoms with E-state index in [-0.39, 0.29) is 0 Å². The molecule has 0 aromatic rings. The van der Waals surface area contributed by atoms with E-state index in [2.05, 4.69) is 13.0 Å². The molecule has 0 N–H and O–H groups in total. The smallest absolute Gasteiger partial charge is 0.00130 e. The lowest BCUT2D eigenvalue weighted by molar-refractivity contribution is 0.113. The number of hydrogen-bond donors (Lipinski definition) is 0. The largest absolute Gasteiger partial charge is 0.0781 e. The van der Waals surface area contributed by atoms with Crippen molar-refractivity contribution in [3.63, 3.8) is 0 Å². The van der Waals surface area contributed by atoms with Crippen molar-refractivity contribution in [1.82, 2.24) is 0 Å². The fourth-order valence-corrected chi connectivity index (χ4v) is 3.28. The standard InChI is InChI=1S/C11H16/c1-8-2-3-10(4-8)11-5-9(6-11)7-11/h5,8,10H,2-4,6-7H2,1H3. The number of allylic oxidation sites excluding steroid dienone is 2. The van der Waals surface area contributed by atoms with Gasteiger partial charge < -0.3 is 0 Å². The van der Waals surface area contributed by atoms with Gasteiger partial charge in [-0.3, -0.25) is 0 Å². The molecule has 2 atom stereocenters. The molecule has 2 unspecified atom stereocenters. The zero-order valence-electron chi connectivity index (χ0n) is 7.27. The van der Waals surface area contributed by atoms with Gasteiger partial charge in [0.05, 0.1) is 0 Å². The van der Waals surface area contributed by atoms with Crippen LogP contribution >= 0.6 is 0 Å². The van der Waals surface area contributed by atoms with E-state index in [1.165, 1.54) is 32.1 Å². The molecule has 4 rings (SSSR count). The van der Waals surface area contributed by atoms with Crippen LogP contribution in [0.25, 0.3) is 0 Å². The lowest BCUT2D eigenvalue weighted by atomic mass is 9.48. The molecule has 0 heterocycles. The van der Waals surface area contributed by atoms with Crippen LogP contribution in [-0.4, -0.2) is 0 Å². The van der Waals surface area contributed by atoms with Crippen molar-refractivity contribution < 1.29 is 0 Å². The maximum Gasteiger partial charge on any atom is -0.00130 e.